The van der Waals surface area contributed by atoms with E-state index in [1.54, 1.807) is 117 Å². The lowest BCUT2D eigenvalue weighted by molar-refractivity contribution is -0.171. The lowest BCUT2D eigenvalue weighted by atomic mass is 9.90. The minimum absolute atomic E-state index is 0.0475. The Morgan fingerprint density at radius 1 is 0.649 bits per heavy atom. The summed E-state index contributed by atoms with van der Waals surface area (Å²) in [6.45, 7) is 4.28. The lowest BCUT2D eigenvalue weighted by Crippen LogP contribution is -2.49. The van der Waals surface area contributed by atoms with Crippen LogP contribution in [0, 0.1) is 12.8 Å². The number of amides is 4. The summed E-state index contributed by atoms with van der Waals surface area (Å²) in [5, 5.41) is 8.79. The van der Waals surface area contributed by atoms with Crippen molar-refractivity contribution in [2.75, 3.05) is 13.3 Å². The minimum atomic E-state index is -1.52. The molecule has 0 radical (unpaired) electrons. The van der Waals surface area contributed by atoms with Gasteiger partial charge in [0.15, 0.2) is 12.4 Å². The number of rotatable bonds is 29. The number of hydroxylamine groups is 2. The van der Waals surface area contributed by atoms with Gasteiger partial charge in [-0.1, -0.05) is 148 Å². The topological polar surface area (TPSA) is 235 Å². The molecule has 18 heteroatoms. The summed E-state index contributed by atoms with van der Waals surface area (Å²) >= 11 is 0. The first-order chi connectivity index (χ1) is 37.4. The average Bonchev–Trinajstić information content (AvgIpc) is 3.96. The largest absolute Gasteiger partial charge is 0.481 e. The molecule has 0 aliphatic carbocycles. The Balaban J connectivity index is 1.16. The quantitative estimate of drug-likeness (QED) is 0.0100. The second-order valence-corrected chi connectivity index (χ2v) is 17.7. The van der Waals surface area contributed by atoms with Crippen LogP contribution in [0.5, 0.6) is 5.75 Å². The van der Waals surface area contributed by atoms with Crippen LogP contribution in [-0.4, -0.2) is 78.4 Å². The smallest absolute Gasteiger partial charge is 0.363 e. The molecule has 0 aliphatic rings. The van der Waals surface area contributed by atoms with Gasteiger partial charge in [0.1, 0.15) is 37.4 Å². The van der Waals surface area contributed by atoms with E-state index < -0.39 is 72.6 Å². The highest BCUT2D eigenvalue weighted by atomic mass is 16.7. The molecule has 3 atom stereocenters. The molecule has 1 aromatic heterocycles. The summed E-state index contributed by atoms with van der Waals surface area (Å²) in [5.74, 6) is -6.23. The molecule has 5 aromatic carbocycles. The van der Waals surface area contributed by atoms with Gasteiger partial charge < -0.3 is 44.2 Å². The van der Waals surface area contributed by atoms with E-state index in [1.807, 2.05) is 19.1 Å². The van der Waals surface area contributed by atoms with E-state index in [-0.39, 0.29) is 61.3 Å². The Labute approximate surface area is 446 Å². The zero-order valence-corrected chi connectivity index (χ0v) is 43.1. The molecule has 6 aromatic rings. The van der Waals surface area contributed by atoms with Crippen LogP contribution in [0.4, 0.5) is 0 Å². The normalized spacial score (nSPS) is 11.9. The van der Waals surface area contributed by atoms with Gasteiger partial charge in [-0.3, -0.25) is 24.0 Å². The van der Waals surface area contributed by atoms with Crippen molar-refractivity contribution < 1.29 is 66.6 Å². The minimum Gasteiger partial charge on any atom is -0.481 e. The van der Waals surface area contributed by atoms with Crippen molar-refractivity contribution in [2.45, 2.75) is 91.2 Å². The number of hydrogen-bond donors (Lipinski definition) is 3. The summed E-state index contributed by atoms with van der Waals surface area (Å²) in [6.07, 6.45) is 2.78. The summed E-state index contributed by atoms with van der Waals surface area (Å²) < 4.78 is 28.2. The molecule has 4 amide bonds. The van der Waals surface area contributed by atoms with Crippen molar-refractivity contribution in [3.05, 3.63) is 185 Å². The number of furan rings is 1. The highest BCUT2D eigenvalue weighted by Gasteiger charge is 2.34. The van der Waals surface area contributed by atoms with Crippen molar-refractivity contribution in [3.63, 3.8) is 0 Å². The fourth-order valence-corrected chi connectivity index (χ4v) is 8.03. The van der Waals surface area contributed by atoms with E-state index in [1.165, 1.54) is 30.3 Å². The second-order valence-electron chi connectivity index (χ2n) is 17.7. The van der Waals surface area contributed by atoms with Crippen molar-refractivity contribution >= 4 is 48.0 Å². The molecule has 402 valence electrons. The van der Waals surface area contributed by atoms with Gasteiger partial charge in [-0.2, -0.15) is 5.06 Å². The van der Waals surface area contributed by atoms with Crippen LogP contribution >= 0.6 is 0 Å². The number of ether oxygens (including phenoxy) is 4. The number of esters is 3. The Kier molecular flexibility index (Phi) is 22.1. The van der Waals surface area contributed by atoms with Crippen LogP contribution in [0.3, 0.4) is 0 Å². The number of aryl methyl sites for hydroxylation is 1. The zero-order valence-electron chi connectivity index (χ0n) is 43.1. The number of benzene rings is 5. The lowest BCUT2D eigenvalue weighted by Gasteiger charge is -2.32. The first-order valence-corrected chi connectivity index (χ1v) is 25.2. The summed E-state index contributed by atoms with van der Waals surface area (Å²) in [7, 11) is 0. The van der Waals surface area contributed by atoms with E-state index in [2.05, 4.69) is 16.0 Å². The van der Waals surface area contributed by atoms with Gasteiger partial charge in [0.2, 0.25) is 12.3 Å². The molecule has 0 saturated heterocycles. The molecule has 0 aliphatic heterocycles. The van der Waals surface area contributed by atoms with Gasteiger partial charge in [0, 0.05) is 5.56 Å². The molecule has 1 heterocycles. The van der Waals surface area contributed by atoms with E-state index in [0.717, 1.165) is 23.5 Å². The van der Waals surface area contributed by atoms with Crippen LogP contribution in [0.1, 0.15) is 106 Å². The third kappa shape index (κ3) is 17.5. The summed E-state index contributed by atoms with van der Waals surface area (Å²) in [6, 6.07) is 38.2. The summed E-state index contributed by atoms with van der Waals surface area (Å²) in [5.41, 5.74) is 3.18. The number of nitrogens with one attached hydrogen (secondary N) is 3. The molecular weight excluding hydrogens is 989 g/mol. The van der Waals surface area contributed by atoms with Gasteiger partial charge in [0.25, 0.3) is 11.8 Å². The maximum absolute atomic E-state index is 14.2. The molecule has 0 bridgehead atoms. The number of carbonyl (C=O) groups is 8. The standard InChI is InChI=1S/C59H62N4O14/c1-4-6-10-27-46(49(5-2)63(39-64)77-58(70)45-26-18-17-19-40(45)3)55(67)60-38-61-57(69)51-31-30-50(76-51)44-28-29-47(52(32-44)72-37-54(66)74-35-42-22-13-8-14-23-42)56(68)62-48(59(71)75-36-43-24-15-9-16-25-43)33-53(65)73-34-41-20-11-7-12-21-41/h7-9,11-26,28-32,39,46,48-49H,4-6,10,27,33-38H2,1-3H3,(H,60,67)(H,61,69)(H,62,68)/t46-,48+,49-/m1/s1. The molecule has 3 N–H and O–H groups in total. The van der Waals surface area contributed by atoms with E-state index >= 15 is 0 Å². The molecular formula is C59H62N4O14. The number of nitrogens with zero attached hydrogens (tertiary/aromatic N) is 1. The highest BCUT2D eigenvalue weighted by molar-refractivity contribution is 6.00. The van der Waals surface area contributed by atoms with Gasteiger partial charge >= 0.3 is 23.9 Å². The van der Waals surface area contributed by atoms with Gasteiger partial charge in [-0.15, -0.1) is 0 Å². The van der Waals surface area contributed by atoms with E-state index in [4.69, 9.17) is 28.2 Å². The molecule has 6 rings (SSSR count). The zero-order chi connectivity index (χ0) is 54.9. The first kappa shape index (κ1) is 57.2. The predicted molar refractivity (Wildman–Crippen MR) is 281 cm³/mol. The van der Waals surface area contributed by atoms with Crippen LogP contribution in [0.15, 0.2) is 150 Å². The van der Waals surface area contributed by atoms with Crippen LogP contribution in [-0.2, 0) is 62.8 Å². The molecule has 0 unspecified atom stereocenters. The van der Waals surface area contributed by atoms with E-state index in [9.17, 15) is 38.4 Å². The van der Waals surface area contributed by atoms with Crippen molar-refractivity contribution in [2.24, 2.45) is 5.92 Å². The molecule has 0 saturated carbocycles. The Hall–Kier alpha value is -9.06. The Bertz CT molecular complexity index is 2930. The predicted octanol–water partition coefficient (Wildman–Crippen LogP) is 8.36. The summed E-state index contributed by atoms with van der Waals surface area (Å²) in [4.78, 5) is 112. The Morgan fingerprint density at radius 2 is 1.26 bits per heavy atom. The maximum Gasteiger partial charge on any atom is 0.363 e. The monoisotopic (exact) mass is 1050 g/mol. The maximum atomic E-state index is 14.2. The van der Waals surface area contributed by atoms with Crippen LogP contribution < -0.4 is 20.7 Å². The molecule has 18 nitrogen and oxygen atoms in total. The SMILES string of the molecule is CCCCC[C@@H](C(=O)NCNC(=O)c1ccc(-c2ccc(C(=O)N[C@@H](CC(=O)OCc3ccccc3)C(=O)OCc3ccccc3)c(OCC(=O)OCc3ccccc3)c2)o1)[C@@H](CC)N(C=O)OC(=O)c1ccccc1C. The van der Waals surface area contributed by atoms with Crippen molar-refractivity contribution in [1.82, 2.24) is 21.0 Å². The van der Waals surface area contributed by atoms with Gasteiger partial charge in [-0.05, 0) is 72.4 Å². The van der Waals surface area contributed by atoms with Crippen molar-refractivity contribution in [1.29, 1.82) is 0 Å². The Morgan fingerprint density at radius 3 is 1.87 bits per heavy atom. The van der Waals surface area contributed by atoms with Crippen LogP contribution in [0.2, 0.25) is 0 Å². The van der Waals surface area contributed by atoms with Gasteiger partial charge in [-0.25, -0.2) is 14.4 Å². The van der Waals surface area contributed by atoms with Crippen molar-refractivity contribution in [3.8, 4) is 17.1 Å². The number of hydrogen-bond acceptors (Lipinski definition) is 14. The van der Waals surface area contributed by atoms with E-state index in [0.29, 0.717) is 41.5 Å². The molecule has 0 spiro atoms. The fourth-order valence-electron chi connectivity index (χ4n) is 8.03. The third-order valence-corrected chi connectivity index (χ3v) is 12.2. The average molecular weight is 1050 g/mol. The number of unbranched alkanes of at least 4 members (excludes halogenated alkanes) is 2. The fraction of sp³-hybridized carbons (Fsp3) is 0.288. The molecule has 77 heavy (non-hydrogen) atoms. The highest BCUT2D eigenvalue weighted by Crippen LogP contribution is 2.30. The number of carbonyl (C=O) groups excluding carboxylic acids is 8. The molecule has 0 fully saturated rings. The third-order valence-electron chi connectivity index (χ3n) is 12.2. The van der Waals surface area contributed by atoms with Crippen LogP contribution in [0.25, 0.3) is 11.3 Å². The first-order valence-electron chi connectivity index (χ1n) is 25.2. The second kappa shape index (κ2) is 29.7. The van der Waals surface area contributed by atoms with Gasteiger partial charge in [0.05, 0.1) is 36.2 Å².